The third kappa shape index (κ3) is 5.95. The number of nitrogens with one attached hydrogen (secondary N) is 1. The normalized spacial score (nSPS) is 20.0. The summed E-state index contributed by atoms with van der Waals surface area (Å²) in [5.41, 5.74) is 2.67. The number of fused-ring (bicyclic) bond motifs is 2. The number of aromatic nitrogens is 3. The van der Waals surface area contributed by atoms with Crippen LogP contribution < -0.4 is 4.74 Å². The topological polar surface area (TPSA) is 101 Å². The van der Waals surface area contributed by atoms with Crippen LogP contribution in [0.15, 0.2) is 42.5 Å². The molecule has 2 aromatic carbocycles. The number of hydrogen-bond donors (Lipinski definition) is 1. The van der Waals surface area contributed by atoms with Crippen LogP contribution in [0.2, 0.25) is 0 Å². The number of carbonyl (C=O) groups excluding carboxylic acids is 2. The minimum atomic E-state index is -4.40. The minimum Gasteiger partial charge on any atom is -0.484 e. The van der Waals surface area contributed by atoms with Crippen LogP contribution in [0.25, 0.3) is 11.0 Å². The zero-order chi connectivity index (χ0) is 26.0. The Balaban J connectivity index is 1.09. The molecule has 2 saturated heterocycles. The second-order valence-corrected chi connectivity index (χ2v) is 9.44. The Hall–Kier alpha value is -3.83. The molecule has 5 rings (SSSR count). The molecular formula is C25H26F3N5O4. The van der Waals surface area contributed by atoms with E-state index in [1.165, 1.54) is 12.1 Å². The van der Waals surface area contributed by atoms with E-state index in [4.69, 9.17) is 4.74 Å². The fourth-order valence-electron chi connectivity index (χ4n) is 4.94. The third-order valence-corrected chi connectivity index (χ3v) is 6.92. The quantitative estimate of drug-likeness (QED) is 0.549. The molecule has 2 fully saturated rings. The van der Waals surface area contributed by atoms with E-state index >= 15 is 0 Å². The van der Waals surface area contributed by atoms with E-state index < -0.39 is 18.9 Å². The molecule has 1 N–H and O–H groups in total. The zero-order valence-electron chi connectivity index (χ0n) is 19.9. The molecule has 2 aliphatic rings. The molecule has 0 unspecified atom stereocenters. The van der Waals surface area contributed by atoms with Gasteiger partial charge in [-0.15, -0.1) is 5.10 Å². The number of likely N-dealkylation sites (tertiary alicyclic amines) is 2. The van der Waals surface area contributed by atoms with Crippen LogP contribution in [0.5, 0.6) is 5.75 Å². The van der Waals surface area contributed by atoms with Crippen LogP contribution >= 0.6 is 0 Å². The van der Waals surface area contributed by atoms with E-state index in [0.29, 0.717) is 54.7 Å². The summed E-state index contributed by atoms with van der Waals surface area (Å²) in [5.74, 6) is 0.685. The Morgan fingerprint density at radius 2 is 1.70 bits per heavy atom. The number of H-pyrrole nitrogens is 1. The molecule has 3 aromatic rings. The lowest BCUT2D eigenvalue weighted by molar-refractivity contribution is -0.153. The predicted octanol–water partition coefficient (Wildman–Crippen LogP) is 4.02. The summed E-state index contributed by atoms with van der Waals surface area (Å²) >= 11 is 0. The van der Waals surface area contributed by atoms with Gasteiger partial charge in [0.2, 0.25) is 0 Å². The van der Waals surface area contributed by atoms with Crippen molar-refractivity contribution in [3.05, 3.63) is 53.6 Å². The second-order valence-electron chi connectivity index (χ2n) is 9.44. The Labute approximate surface area is 210 Å². The highest BCUT2D eigenvalue weighted by Gasteiger charge is 2.38. The van der Waals surface area contributed by atoms with Crippen molar-refractivity contribution in [2.75, 3.05) is 32.8 Å². The van der Waals surface area contributed by atoms with Gasteiger partial charge in [-0.1, -0.05) is 17.3 Å². The van der Waals surface area contributed by atoms with Gasteiger partial charge in [0.25, 0.3) is 5.91 Å². The van der Waals surface area contributed by atoms with Crippen molar-refractivity contribution >= 4 is 23.0 Å². The highest BCUT2D eigenvalue weighted by atomic mass is 19.4. The fraction of sp³-hybridized carbons (Fsp3) is 0.440. The SMILES string of the molecule is O=C(OCc1ccc(OCC(F)(F)F)cc1)N1CC[C@@H]2CN(C(=O)c3ccc4[nH]nnc4c3)C[C@@H]2CC1. The smallest absolute Gasteiger partial charge is 0.422 e. The molecule has 0 aliphatic carbocycles. The average Bonchev–Trinajstić information content (AvgIpc) is 3.47. The first-order valence-corrected chi connectivity index (χ1v) is 12.1. The molecule has 9 nitrogen and oxygen atoms in total. The molecular weight excluding hydrogens is 491 g/mol. The van der Waals surface area contributed by atoms with Gasteiger partial charge in [-0.2, -0.15) is 13.2 Å². The number of rotatable bonds is 5. The largest absolute Gasteiger partial charge is 0.484 e. The number of nitrogens with zero attached hydrogens (tertiary/aromatic N) is 4. The van der Waals surface area contributed by atoms with Gasteiger partial charge in [0, 0.05) is 31.7 Å². The maximum Gasteiger partial charge on any atom is 0.422 e. The van der Waals surface area contributed by atoms with Crippen molar-refractivity contribution in [3.8, 4) is 5.75 Å². The van der Waals surface area contributed by atoms with E-state index in [-0.39, 0.29) is 18.3 Å². The van der Waals surface area contributed by atoms with Crippen molar-refractivity contribution in [2.45, 2.75) is 25.6 Å². The van der Waals surface area contributed by atoms with Crippen LogP contribution in [0.1, 0.15) is 28.8 Å². The number of carbonyl (C=O) groups is 2. The lowest BCUT2D eigenvalue weighted by Gasteiger charge is -2.22. The maximum atomic E-state index is 13.1. The number of ether oxygens (including phenoxy) is 2. The highest BCUT2D eigenvalue weighted by Crippen LogP contribution is 2.33. The zero-order valence-corrected chi connectivity index (χ0v) is 19.9. The Kier molecular flexibility index (Phi) is 6.90. The summed E-state index contributed by atoms with van der Waals surface area (Å²) in [4.78, 5) is 29.3. The number of halogens is 3. The summed E-state index contributed by atoms with van der Waals surface area (Å²) in [6.45, 7) is 1.02. The molecule has 12 heteroatoms. The van der Waals surface area contributed by atoms with Gasteiger partial charge in [-0.3, -0.25) is 9.89 Å². The van der Waals surface area contributed by atoms with Crippen molar-refractivity contribution in [3.63, 3.8) is 0 Å². The molecule has 0 bridgehead atoms. The van der Waals surface area contributed by atoms with Crippen LogP contribution in [0.3, 0.4) is 0 Å². The van der Waals surface area contributed by atoms with Gasteiger partial charge >= 0.3 is 12.3 Å². The Bertz CT molecular complexity index is 1250. The number of benzene rings is 2. The van der Waals surface area contributed by atoms with E-state index in [9.17, 15) is 22.8 Å². The molecule has 3 heterocycles. The van der Waals surface area contributed by atoms with Gasteiger partial charge in [-0.05, 0) is 60.6 Å². The Morgan fingerprint density at radius 1 is 1.00 bits per heavy atom. The number of aromatic amines is 1. The molecule has 0 saturated carbocycles. The molecule has 0 spiro atoms. The van der Waals surface area contributed by atoms with Gasteiger partial charge in [0.15, 0.2) is 6.61 Å². The summed E-state index contributed by atoms with van der Waals surface area (Å²) in [6, 6.07) is 11.3. The second kappa shape index (κ2) is 10.3. The lowest BCUT2D eigenvalue weighted by atomic mass is 9.92. The Morgan fingerprint density at radius 3 is 2.38 bits per heavy atom. The lowest BCUT2D eigenvalue weighted by Crippen LogP contribution is -2.34. The first-order chi connectivity index (χ1) is 17.7. The van der Waals surface area contributed by atoms with Crippen molar-refractivity contribution < 1.29 is 32.2 Å². The molecule has 1 aromatic heterocycles. The van der Waals surface area contributed by atoms with E-state index in [2.05, 4.69) is 20.1 Å². The maximum absolute atomic E-state index is 13.1. The number of hydrogen-bond acceptors (Lipinski definition) is 6. The number of alkyl halides is 3. The van der Waals surface area contributed by atoms with E-state index in [1.54, 1.807) is 35.2 Å². The first-order valence-electron chi connectivity index (χ1n) is 12.1. The highest BCUT2D eigenvalue weighted by molar-refractivity contribution is 5.97. The summed E-state index contributed by atoms with van der Waals surface area (Å²) in [5, 5.41) is 10.5. The molecule has 196 valence electrons. The monoisotopic (exact) mass is 517 g/mol. The van der Waals surface area contributed by atoms with Gasteiger partial charge in [-0.25, -0.2) is 4.79 Å². The van der Waals surface area contributed by atoms with Crippen LogP contribution in [0.4, 0.5) is 18.0 Å². The molecule has 2 atom stereocenters. The molecule has 37 heavy (non-hydrogen) atoms. The fourth-order valence-corrected chi connectivity index (χ4v) is 4.94. The summed E-state index contributed by atoms with van der Waals surface area (Å²) in [7, 11) is 0. The van der Waals surface area contributed by atoms with Gasteiger partial charge < -0.3 is 19.3 Å². The van der Waals surface area contributed by atoms with E-state index in [0.717, 1.165) is 18.4 Å². The van der Waals surface area contributed by atoms with Gasteiger partial charge in [0.05, 0.1) is 5.52 Å². The minimum absolute atomic E-state index is 0.0138. The van der Waals surface area contributed by atoms with Crippen molar-refractivity contribution in [1.29, 1.82) is 0 Å². The van der Waals surface area contributed by atoms with Crippen LogP contribution in [-0.4, -0.2) is 76.2 Å². The van der Waals surface area contributed by atoms with Crippen LogP contribution in [-0.2, 0) is 11.3 Å². The first kappa shape index (κ1) is 24.8. The van der Waals surface area contributed by atoms with Crippen LogP contribution in [0, 0.1) is 11.8 Å². The molecule has 0 radical (unpaired) electrons. The van der Waals surface area contributed by atoms with Crippen molar-refractivity contribution in [1.82, 2.24) is 25.2 Å². The van der Waals surface area contributed by atoms with Crippen molar-refractivity contribution in [2.24, 2.45) is 11.8 Å². The van der Waals surface area contributed by atoms with E-state index in [1.807, 2.05) is 4.90 Å². The molecule has 2 amide bonds. The summed E-state index contributed by atoms with van der Waals surface area (Å²) in [6.07, 6.45) is -3.28. The van der Waals surface area contributed by atoms with Gasteiger partial charge in [0.1, 0.15) is 17.9 Å². The summed E-state index contributed by atoms with van der Waals surface area (Å²) < 4.78 is 46.9. The number of amides is 2. The average molecular weight is 518 g/mol. The third-order valence-electron chi connectivity index (χ3n) is 6.92. The molecule has 2 aliphatic heterocycles. The standard InChI is InChI=1S/C25H26F3N5O4/c26-25(27,28)15-37-20-4-1-16(2-5-20)14-36-24(35)32-9-7-18-12-33(13-19(18)8-10-32)23(34)17-3-6-21-22(11-17)30-31-29-21/h1-6,11,18-19H,7-10,12-15H2,(H,29,30,31)/t18-,19+. The predicted molar refractivity (Wildman–Crippen MR) is 126 cm³/mol.